The van der Waals surface area contributed by atoms with Crippen molar-refractivity contribution in [1.82, 2.24) is 19.9 Å². The minimum Gasteiger partial charge on any atom is -0.481 e. The molecule has 0 fully saturated rings. The maximum atomic E-state index is 10.4. The number of fused-ring (bicyclic) bond motifs is 1. The molecule has 0 amide bonds. The number of aromatic amines is 2. The Morgan fingerprint density at radius 3 is 3.06 bits per heavy atom. The summed E-state index contributed by atoms with van der Waals surface area (Å²) in [5.41, 5.74) is 2.37. The molecule has 0 aromatic carbocycles. The smallest absolute Gasteiger partial charge is 0.303 e. The van der Waals surface area contributed by atoms with E-state index in [1.54, 1.807) is 6.33 Å². The Kier molecular flexibility index (Phi) is 3.48. The lowest BCUT2D eigenvalue weighted by molar-refractivity contribution is -0.137. The third-order valence-corrected chi connectivity index (χ3v) is 2.65. The van der Waals surface area contributed by atoms with Gasteiger partial charge in [-0.25, -0.2) is 4.98 Å². The highest BCUT2D eigenvalue weighted by Gasteiger charge is 2.06. The molecule has 0 aliphatic carbocycles. The van der Waals surface area contributed by atoms with Crippen molar-refractivity contribution in [2.24, 2.45) is 0 Å². The Labute approximate surface area is 102 Å². The van der Waals surface area contributed by atoms with E-state index in [0.29, 0.717) is 16.8 Å². The van der Waals surface area contributed by atoms with Crippen LogP contribution in [-0.4, -0.2) is 31.0 Å². The van der Waals surface area contributed by atoms with E-state index in [1.165, 1.54) is 0 Å². The SMILES string of the molecule is O=C(O)CCCCc1[nH]c(=S)nc2nc[nH]c12. The Morgan fingerprint density at radius 1 is 1.47 bits per heavy atom. The number of carboxylic acid groups (broad SMARTS) is 1. The van der Waals surface area contributed by atoms with Gasteiger partial charge in [0, 0.05) is 12.1 Å². The number of carbonyl (C=O) groups is 1. The first-order chi connectivity index (χ1) is 8.16. The van der Waals surface area contributed by atoms with Crippen LogP contribution in [-0.2, 0) is 11.2 Å². The first kappa shape index (κ1) is 11.7. The van der Waals surface area contributed by atoms with Crippen molar-refractivity contribution in [2.45, 2.75) is 25.7 Å². The highest BCUT2D eigenvalue weighted by atomic mass is 32.1. The number of hydrogen-bond donors (Lipinski definition) is 3. The number of aromatic nitrogens is 4. The second-order valence-electron chi connectivity index (χ2n) is 3.72. The molecular weight excluding hydrogens is 240 g/mol. The van der Waals surface area contributed by atoms with Gasteiger partial charge < -0.3 is 15.1 Å². The fourth-order valence-corrected chi connectivity index (χ4v) is 1.88. The van der Waals surface area contributed by atoms with Crippen LogP contribution in [0.15, 0.2) is 6.33 Å². The molecule has 17 heavy (non-hydrogen) atoms. The number of hydrogen-bond acceptors (Lipinski definition) is 4. The minimum absolute atomic E-state index is 0.192. The van der Waals surface area contributed by atoms with Crippen molar-refractivity contribution in [3.63, 3.8) is 0 Å². The lowest BCUT2D eigenvalue weighted by atomic mass is 10.1. The van der Waals surface area contributed by atoms with Gasteiger partial charge in [-0.2, -0.15) is 4.98 Å². The van der Waals surface area contributed by atoms with Gasteiger partial charge in [0.15, 0.2) is 10.4 Å². The van der Waals surface area contributed by atoms with E-state index in [-0.39, 0.29) is 6.42 Å². The molecule has 0 unspecified atom stereocenters. The second kappa shape index (κ2) is 5.05. The molecule has 0 atom stereocenters. The molecule has 0 saturated heterocycles. The lowest BCUT2D eigenvalue weighted by Gasteiger charge is -2.02. The van der Waals surface area contributed by atoms with Gasteiger partial charge in [0.25, 0.3) is 0 Å². The van der Waals surface area contributed by atoms with Crippen molar-refractivity contribution in [2.75, 3.05) is 0 Å². The van der Waals surface area contributed by atoms with Crippen molar-refractivity contribution in [3.05, 3.63) is 16.8 Å². The molecule has 6 nitrogen and oxygen atoms in total. The van der Waals surface area contributed by atoms with E-state index < -0.39 is 5.97 Å². The fraction of sp³-hybridized carbons (Fsp3) is 0.400. The van der Waals surface area contributed by atoms with Crippen LogP contribution in [0.25, 0.3) is 11.2 Å². The maximum absolute atomic E-state index is 10.4. The van der Waals surface area contributed by atoms with E-state index in [4.69, 9.17) is 17.3 Å². The van der Waals surface area contributed by atoms with Crippen molar-refractivity contribution < 1.29 is 9.90 Å². The molecule has 3 N–H and O–H groups in total. The predicted octanol–water partition coefficient (Wildman–Crippen LogP) is 1.81. The lowest BCUT2D eigenvalue weighted by Crippen LogP contribution is -1.98. The molecule has 2 aromatic rings. The van der Waals surface area contributed by atoms with Crippen molar-refractivity contribution in [1.29, 1.82) is 0 Å². The summed E-state index contributed by atoms with van der Waals surface area (Å²) in [6, 6.07) is 0. The first-order valence-electron chi connectivity index (χ1n) is 5.31. The summed E-state index contributed by atoms with van der Waals surface area (Å²) in [7, 11) is 0. The topological polar surface area (TPSA) is 94.7 Å². The molecule has 90 valence electrons. The van der Waals surface area contributed by atoms with Crippen molar-refractivity contribution >= 4 is 29.4 Å². The van der Waals surface area contributed by atoms with Gasteiger partial charge in [0.1, 0.15) is 5.52 Å². The summed E-state index contributed by atoms with van der Waals surface area (Å²) in [5.74, 6) is -0.764. The molecule has 0 bridgehead atoms. The average molecular weight is 252 g/mol. The largest absolute Gasteiger partial charge is 0.481 e. The Morgan fingerprint density at radius 2 is 2.29 bits per heavy atom. The molecular formula is C10H12N4O2S. The van der Waals surface area contributed by atoms with Crippen molar-refractivity contribution in [3.8, 4) is 0 Å². The van der Waals surface area contributed by atoms with Gasteiger partial charge in [-0.15, -0.1) is 0 Å². The molecule has 0 spiro atoms. The highest BCUT2D eigenvalue weighted by molar-refractivity contribution is 7.71. The highest BCUT2D eigenvalue weighted by Crippen LogP contribution is 2.13. The molecule has 0 aliphatic heterocycles. The third-order valence-electron chi connectivity index (χ3n) is 2.45. The maximum Gasteiger partial charge on any atom is 0.303 e. The standard InChI is InChI=1S/C10H12N4O2S/c15-7(16)4-2-1-3-6-8-9(12-5-11-8)14-10(17)13-6/h5H,1-4H2,(H,15,16)(H2,11,12,13,14,17). The molecule has 7 heteroatoms. The molecule has 2 heterocycles. The minimum atomic E-state index is -0.764. The average Bonchev–Trinajstić information content (AvgIpc) is 2.71. The number of imidazole rings is 1. The predicted molar refractivity (Wildman–Crippen MR) is 64.3 cm³/mol. The van der Waals surface area contributed by atoms with Gasteiger partial charge in [-0.05, 0) is 31.5 Å². The number of carboxylic acids is 1. The zero-order chi connectivity index (χ0) is 12.3. The molecule has 0 saturated carbocycles. The third kappa shape index (κ3) is 2.88. The summed E-state index contributed by atoms with van der Waals surface area (Å²) < 4.78 is 0.401. The summed E-state index contributed by atoms with van der Waals surface area (Å²) in [4.78, 5) is 24.5. The molecule has 0 radical (unpaired) electrons. The zero-order valence-corrected chi connectivity index (χ0v) is 9.88. The van der Waals surface area contributed by atoms with E-state index in [9.17, 15) is 4.79 Å². The molecule has 0 aliphatic rings. The molecule has 2 aromatic heterocycles. The number of rotatable bonds is 5. The van der Waals surface area contributed by atoms with Crippen LogP contribution in [0, 0.1) is 4.77 Å². The van der Waals surface area contributed by atoms with Crippen LogP contribution in [0.2, 0.25) is 0 Å². The normalized spacial score (nSPS) is 10.8. The van der Waals surface area contributed by atoms with E-state index in [1.807, 2.05) is 0 Å². The van der Waals surface area contributed by atoms with E-state index in [2.05, 4.69) is 19.9 Å². The molecule has 2 rings (SSSR count). The first-order valence-corrected chi connectivity index (χ1v) is 5.71. The number of H-pyrrole nitrogens is 2. The number of nitrogens with one attached hydrogen (secondary N) is 2. The summed E-state index contributed by atoms with van der Waals surface area (Å²) in [6.07, 6.45) is 3.93. The van der Waals surface area contributed by atoms with Gasteiger partial charge in [-0.1, -0.05) is 0 Å². The van der Waals surface area contributed by atoms with Crippen LogP contribution < -0.4 is 0 Å². The quantitative estimate of drug-likeness (QED) is 0.557. The van der Waals surface area contributed by atoms with Gasteiger partial charge in [-0.3, -0.25) is 4.79 Å². The second-order valence-corrected chi connectivity index (χ2v) is 4.11. The van der Waals surface area contributed by atoms with Crippen LogP contribution in [0.1, 0.15) is 25.0 Å². The number of aliphatic carboxylic acids is 1. The van der Waals surface area contributed by atoms with Crippen LogP contribution in [0.5, 0.6) is 0 Å². The monoisotopic (exact) mass is 252 g/mol. The number of aryl methyl sites for hydroxylation is 1. The van der Waals surface area contributed by atoms with Crippen LogP contribution in [0.4, 0.5) is 0 Å². The fourth-order valence-electron chi connectivity index (χ4n) is 1.68. The van der Waals surface area contributed by atoms with Crippen LogP contribution in [0.3, 0.4) is 0 Å². The summed E-state index contributed by atoms with van der Waals surface area (Å²) in [6.45, 7) is 0. The van der Waals surface area contributed by atoms with Gasteiger partial charge >= 0.3 is 5.97 Å². The Balaban J connectivity index is 2.10. The zero-order valence-electron chi connectivity index (χ0n) is 9.06. The van der Waals surface area contributed by atoms with Crippen LogP contribution >= 0.6 is 12.2 Å². The summed E-state index contributed by atoms with van der Waals surface area (Å²) in [5, 5.41) is 8.54. The van der Waals surface area contributed by atoms with Gasteiger partial charge in [0.2, 0.25) is 0 Å². The number of unbranched alkanes of at least 4 members (excludes halogenated alkanes) is 1. The van der Waals surface area contributed by atoms with E-state index >= 15 is 0 Å². The van der Waals surface area contributed by atoms with E-state index in [0.717, 1.165) is 24.1 Å². The Bertz CT molecular complexity index is 589. The Hall–Kier alpha value is -1.76. The number of nitrogens with zero attached hydrogens (tertiary/aromatic N) is 2. The summed E-state index contributed by atoms with van der Waals surface area (Å²) >= 11 is 5.00. The van der Waals surface area contributed by atoms with Gasteiger partial charge in [0.05, 0.1) is 6.33 Å².